The molecule has 1 heterocycles. The Bertz CT molecular complexity index is 735. The van der Waals surface area contributed by atoms with Crippen LogP contribution >= 0.6 is 12.4 Å². The van der Waals surface area contributed by atoms with Crippen molar-refractivity contribution in [2.24, 2.45) is 5.92 Å². The van der Waals surface area contributed by atoms with E-state index in [9.17, 15) is 18.0 Å². The van der Waals surface area contributed by atoms with E-state index >= 15 is 0 Å². The Hall–Kier alpha value is -1.64. The number of carbonyl (C=O) groups excluding carboxylic acids is 2. The van der Waals surface area contributed by atoms with Gasteiger partial charge in [-0.1, -0.05) is 6.92 Å². The van der Waals surface area contributed by atoms with Crippen LogP contribution in [0.15, 0.2) is 29.2 Å². The number of amides is 2. The summed E-state index contributed by atoms with van der Waals surface area (Å²) in [4.78, 5) is 25.2. The number of piperidine rings is 1. The van der Waals surface area contributed by atoms with Crippen molar-refractivity contribution < 1.29 is 18.0 Å². The molecule has 1 aliphatic heterocycles. The molecule has 9 heteroatoms. The first kappa shape index (κ1) is 22.4. The van der Waals surface area contributed by atoms with Gasteiger partial charge >= 0.3 is 0 Å². The van der Waals surface area contributed by atoms with Crippen molar-refractivity contribution in [1.82, 2.24) is 15.5 Å². The van der Waals surface area contributed by atoms with Gasteiger partial charge in [-0.25, -0.2) is 8.42 Å². The molecule has 1 aromatic carbocycles. The lowest BCUT2D eigenvalue weighted by atomic mass is 9.94. The van der Waals surface area contributed by atoms with E-state index in [2.05, 4.69) is 17.6 Å². The number of benzene rings is 1. The summed E-state index contributed by atoms with van der Waals surface area (Å²) < 4.78 is 24.5. The second-order valence-corrected chi connectivity index (χ2v) is 8.61. The predicted molar refractivity (Wildman–Crippen MR) is 102 cm³/mol. The lowest BCUT2D eigenvalue weighted by Crippen LogP contribution is -2.50. The molecule has 2 unspecified atom stereocenters. The molecule has 0 spiro atoms. The second kappa shape index (κ2) is 9.34. The van der Waals surface area contributed by atoms with Gasteiger partial charge in [0.25, 0.3) is 5.91 Å². The van der Waals surface area contributed by atoms with Gasteiger partial charge in [0.1, 0.15) is 5.75 Å². The third-order valence-electron chi connectivity index (χ3n) is 4.43. The molecular formula is C17H26ClN3O4S. The highest BCUT2D eigenvalue weighted by molar-refractivity contribution is 7.92. The minimum absolute atomic E-state index is 0. The quantitative estimate of drug-likeness (QED) is 0.754. The lowest BCUT2D eigenvalue weighted by Gasteiger charge is -2.30. The SMILES string of the molecule is CC1CCNCC1NC(=O)c1ccc(S(=O)(=O)CC(=O)N(C)C)cc1.Cl. The Morgan fingerprint density at radius 3 is 2.38 bits per heavy atom. The third kappa shape index (κ3) is 5.69. The Labute approximate surface area is 160 Å². The van der Waals surface area contributed by atoms with Gasteiger partial charge in [-0.2, -0.15) is 0 Å². The van der Waals surface area contributed by atoms with Crippen LogP contribution in [0.3, 0.4) is 0 Å². The zero-order chi connectivity index (χ0) is 18.6. The first-order valence-electron chi connectivity index (χ1n) is 8.25. The number of halogens is 1. The third-order valence-corrected chi connectivity index (χ3v) is 6.05. The normalized spacial score (nSPS) is 20.0. The molecule has 26 heavy (non-hydrogen) atoms. The minimum atomic E-state index is -3.72. The van der Waals surface area contributed by atoms with Gasteiger partial charge in [0.05, 0.1) is 4.90 Å². The Kier molecular flexibility index (Phi) is 8.05. The van der Waals surface area contributed by atoms with Crippen molar-refractivity contribution in [1.29, 1.82) is 0 Å². The van der Waals surface area contributed by atoms with Crippen molar-refractivity contribution >= 4 is 34.1 Å². The zero-order valence-electron chi connectivity index (χ0n) is 15.2. The molecule has 1 saturated heterocycles. The number of rotatable bonds is 5. The summed E-state index contributed by atoms with van der Waals surface area (Å²) in [5.41, 5.74) is 0.399. The molecule has 2 amide bonds. The van der Waals surface area contributed by atoms with E-state index < -0.39 is 21.5 Å². The first-order chi connectivity index (χ1) is 11.7. The van der Waals surface area contributed by atoms with Crippen LogP contribution in [0.4, 0.5) is 0 Å². The Morgan fingerprint density at radius 1 is 1.23 bits per heavy atom. The summed E-state index contributed by atoms with van der Waals surface area (Å²) in [5.74, 6) is -0.909. The summed E-state index contributed by atoms with van der Waals surface area (Å²) in [6.45, 7) is 3.78. The van der Waals surface area contributed by atoms with E-state index in [0.29, 0.717) is 11.5 Å². The largest absolute Gasteiger partial charge is 0.348 e. The summed E-state index contributed by atoms with van der Waals surface area (Å²) in [6.07, 6.45) is 1.00. The summed E-state index contributed by atoms with van der Waals surface area (Å²) in [6, 6.07) is 5.75. The number of hydrogen-bond acceptors (Lipinski definition) is 5. The molecule has 1 aliphatic rings. The molecule has 1 aromatic rings. The standard InChI is InChI=1S/C17H25N3O4S.ClH/c1-12-8-9-18-10-15(12)19-17(22)13-4-6-14(7-5-13)25(23,24)11-16(21)20(2)3;/h4-7,12,15,18H,8-11H2,1-3H3,(H,19,22);1H. The van der Waals surface area contributed by atoms with Gasteiger partial charge in [-0.05, 0) is 43.1 Å². The summed E-state index contributed by atoms with van der Waals surface area (Å²) in [7, 11) is -0.703. The molecule has 7 nitrogen and oxygen atoms in total. The highest BCUT2D eigenvalue weighted by atomic mass is 35.5. The maximum absolute atomic E-state index is 12.3. The molecule has 0 radical (unpaired) electrons. The van der Waals surface area contributed by atoms with Gasteiger partial charge in [0, 0.05) is 32.2 Å². The van der Waals surface area contributed by atoms with Crippen LogP contribution in [0.5, 0.6) is 0 Å². The van der Waals surface area contributed by atoms with Crippen molar-refractivity contribution in [2.75, 3.05) is 32.9 Å². The maximum atomic E-state index is 12.3. The highest BCUT2D eigenvalue weighted by Gasteiger charge is 2.24. The molecule has 2 atom stereocenters. The molecule has 0 aromatic heterocycles. The van der Waals surface area contributed by atoms with Crippen molar-refractivity contribution in [2.45, 2.75) is 24.3 Å². The van der Waals surface area contributed by atoms with Crippen LogP contribution in [-0.2, 0) is 14.6 Å². The smallest absolute Gasteiger partial charge is 0.251 e. The average Bonchev–Trinajstić information content (AvgIpc) is 2.56. The van der Waals surface area contributed by atoms with Crippen LogP contribution < -0.4 is 10.6 Å². The van der Waals surface area contributed by atoms with Crippen molar-refractivity contribution in [3.8, 4) is 0 Å². The highest BCUT2D eigenvalue weighted by Crippen LogP contribution is 2.15. The first-order valence-corrected chi connectivity index (χ1v) is 9.90. The molecule has 146 valence electrons. The van der Waals surface area contributed by atoms with Gasteiger partial charge in [0.15, 0.2) is 9.84 Å². The number of nitrogens with zero attached hydrogens (tertiary/aromatic N) is 1. The van der Waals surface area contributed by atoms with E-state index in [4.69, 9.17) is 0 Å². The van der Waals surface area contributed by atoms with E-state index in [1.807, 2.05) is 0 Å². The second-order valence-electron chi connectivity index (χ2n) is 6.62. The number of sulfone groups is 1. The van der Waals surface area contributed by atoms with E-state index in [0.717, 1.165) is 19.5 Å². The minimum Gasteiger partial charge on any atom is -0.348 e. The zero-order valence-corrected chi connectivity index (χ0v) is 16.8. The Morgan fingerprint density at radius 2 is 1.85 bits per heavy atom. The Balaban J connectivity index is 0.00000338. The van der Waals surface area contributed by atoms with E-state index in [1.165, 1.54) is 43.3 Å². The van der Waals surface area contributed by atoms with Crippen LogP contribution in [0.25, 0.3) is 0 Å². The van der Waals surface area contributed by atoms with Crippen LogP contribution in [0.2, 0.25) is 0 Å². The molecule has 2 rings (SSSR count). The van der Waals surface area contributed by atoms with Gasteiger partial charge in [-0.3, -0.25) is 9.59 Å². The monoisotopic (exact) mass is 403 g/mol. The van der Waals surface area contributed by atoms with Gasteiger partial charge in [0.2, 0.25) is 5.91 Å². The fourth-order valence-electron chi connectivity index (χ4n) is 2.62. The van der Waals surface area contributed by atoms with E-state index in [1.54, 1.807) is 0 Å². The lowest BCUT2D eigenvalue weighted by molar-refractivity contribution is -0.125. The number of carbonyl (C=O) groups is 2. The van der Waals surface area contributed by atoms with Crippen LogP contribution in [-0.4, -0.2) is 64.1 Å². The predicted octanol–water partition coefficient (Wildman–Crippen LogP) is 0.698. The van der Waals surface area contributed by atoms with Crippen molar-refractivity contribution in [3.63, 3.8) is 0 Å². The van der Waals surface area contributed by atoms with Crippen LogP contribution in [0, 0.1) is 5.92 Å². The molecule has 2 N–H and O–H groups in total. The van der Waals surface area contributed by atoms with Crippen molar-refractivity contribution in [3.05, 3.63) is 29.8 Å². The fourth-order valence-corrected chi connectivity index (χ4v) is 3.92. The summed E-state index contributed by atoms with van der Waals surface area (Å²) >= 11 is 0. The molecular weight excluding hydrogens is 378 g/mol. The maximum Gasteiger partial charge on any atom is 0.251 e. The average molecular weight is 404 g/mol. The van der Waals surface area contributed by atoms with Gasteiger partial charge < -0.3 is 15.5 Å². The topological polar surface area (TPSA) is 95.6 Å². The number of nitrogens with one attached hydrogen (secondary N) is 2. The molecule has 0 aliphatic carbocycles. The van der Waals surface area contributed by atoms with E-state index in [-0.39, 0.29) is 29.3 Å². The molecule has 1 fully saturated rings. The molecule has 0 bridgehead atoms. The fraction of sp³-hybridized carbons (Fsp3) is 0.529. The molecule has 0 saturated carbocycles. The van der Waals surface area contributed by atoms with Crippen LogP contribution in [0.1, 0.15) is 23.7 Å². The number of hydrogen-bond donors (Lipinski definition) is 2. The van der Waals surface area contributed by atoms with Gasteiger partial charge in [-0.15, -0.1) is 12.4 Å². The summed E-state index contributed by atoms with van der Waals surface area (Å²) in [5, 5.41) is 6.23.